The zero-order valence-corrected chi connectivity index (χ0v) is 14.0. The molecule has 0 bridgehead atoms. The minimum Gasteiger partial charge on any atom is -0.300 e. The van der Waals surface area contributed by atoms with E-state index in [0.29, 0.717) is 16.6 Å². The highest BCUT2D eigenvalue weighted by atomic mass is 35.5. The third-order valence-electron chi connectivity index (χ3n) is 5.31. The van der Waals surface area contributed by atoms with Crippen LogP contribution in [0.5, 0.6) is 0 Å². The summed E-state index contributed by atoms with van der Waals surface area (Å²) in [4.78, 5) is 2.65. The summed E-state index contributed by atoms with van der Waals surface area (Å²) in [6.45, 7) is 2.51. The first-order chi connectivity index (χ1) is 11.2. The molecule has 1 heterocycles. The van der Waals surface area contributed by atoms with Gasteiger partial charge in [-0.3, -0.25) is 0 Å². The Kier molecular flexibility index (Phi) is 4.13. The van der Waals surface area contributed by atoms with E-state index < -0.39 is 0 Å². The van der Waals surface area contributed by atoms with Crippen LogP contribution in [0.25, 0.3) is 11.1 Å². The van der Waals surface area contributed by atoms with Crippen LogP contribution in [0.1, 0.15) is 30.4 Å². The fourth-order valence-corrected chi connectivity index (χ4v) is 4.21. The molecule has 120 valence electrons. The van der Waals surface area contributed by atoms with Crippen molar-refractivity contribution in [3.63, 3.8) is 0 Å². The highest BCUT2D eigenvalue weighted by molar-refractivity contribution is 6.30. The summed E-state index contributed by atoms with van der Waals surface area (Å²) in [5, 5.41) is 0.577. The van der Waals surface area contributed by atoms with Crippen molar-refractivity contribution < 1.29 is 4.39 Å². The van der Waals surface area contributed by atoms with Crippen LogP contribution < -0.4 is 0 Å². The lowest BCUT2D eigenvalue weighted by molar-refractivity contribution is 0.222. The Morgan fingerprint density at radius 2 is 1.83 bits per heavy atom. The number of benzene rings is 2. The van der Waals surface area contributed by atoms with Crippen molar-refractivity contribution in [1.82, 2.24) is 4.90 Å². The number of likely N-dealkylation sites (tertiary alicyclic amines) is 1. The fourth-order valence-electron chi connectivity index (χ4n) is 4.04. The number of rotatable bonds is 2. The van der Waals surface area contributed by atoms with Gasteiger partial charge in [-0.15, -0.1) is 0 Å². The first kappa shape index (κ1) is 15.2. The van der Waals surface area contributed by atoms with Gasteiger partial charge in [-0.2, -0.15) is 0 Å². The average Bonchev–Trinajstić information content (AvgIpc) is 3.11. The summed E-state index contributed by atoms with van der Waals surface area (Å²) < 4.78 is 14.1. The normalized spacial score (nSPS) is 21.4. The average molecular weight is 330 g/mol. The Morgan fingerprint density at radius 3 is 2.65 bits per heavy atom. The Labute approximate surface area is 142 Å². The summed E-state index contributed by atoms with van der Waals surface area (Å²) in [5.41, 5.74) is 4.34. The quantitative estimate of drug-likeness (QED) is 0.741. The second-order valence-corrected chi connectivity index (χ2v) is 7.18. The third kappa shape index (κ3) is 3.02. The first-order valence-corrected chi connectivity index (χ1v) is 8.90. The highest BCUT2D eigenvalue weighted by Gasteiger charge is 2.26. The summed E-state index contributed by atoms with van der Waals surface area (Å²) >= 11 is 6.03. The molecule has 1 aliphatic carbocycles. The molecular formula is C20H21ClFN. The van der Waals surface area contributed by atoms with Gasteiger partial charge in [0, 0.05) is 16.6 Å². The molecule has 0 spiro atoms. The second kappa shape index (κ2) is 6.26. The molecule has 23 heavy (non-hydrogen) atoms. The number of fused-ring (bicyclic) bond motifs is 1. The van der Waals surface area contributed by atoms with Crippen LogP contribution in [0.15, 0.2) is 36.4 Å². The number of nitrogens with zero attached hydrogens (tertiary/aromatic N) is 1. The van der Waals surface area contributed by atoms with Gasteiger partial charge >= 0.3 is 0 Å². The van der Waals surface area contributed by atoms with E-state index in [1.165, 1.54) is 49.5 Å². The van der Waals surface area contributed by atoms with E-state index in [0.717, 1.165) is 18.4 Å². The molecule has 0 radical (unpaired) electrons. The molecule has 1 atom stereocenters. The smallest absolute Gasteiger partial charge is 0.131 e. The van der Waals surface area contributed by atoms with Crippen molar-refractivity contribution in [2.45, 2.75) is 38.1 Å². The molecule has 3 heteroatoms. The van der Waals surface area contributed by atoms with Crippen LogP contribution in [-0.2, 0) is 12.8 Å². The Morgan fingerprint density at radius 1 is 1.00 bits per heavy atom. The maximum Gasteiger partial charge on any atom is 0.131 e. The molecule has 4 rings (SSSR count). The predicted molar refractivity (Wildman–Crippen MR) is 93.5 cm³/mol. The largest absolute Gasteiger partial charge is 0.300 e. The zero-order chi connectivity index (χ0) is 15.8. The molecule has 0 saturated carbocycles. The maximum absolute atomic E-state index is 14.1. The molecule has 1 unspecified atom stereocenters. The van der Waals surface area contributed by atoms with Crippen LogP contribution >= 0.6 is 11.6 Å². The van der Waals surface area contributed by atoms with Crippen molar-refractivity contribution in [2.24, 2.45) is 0 Å². The van der Waals surface area contributed by atoms with E-state index in [1.54, 1.807) is 12.1 Å². The fraction of sp³-hybridized carbons (Fsp3) is 0.400. The van der Waals surface area contributed by atoms with E-state index in [9.17, 15) is 4.39 Å². The van der Waals surface area contributed by atoms with E-state index in [-0.39, 0.29) is 5.82 Å². The molecule has 0 amide bonds. The Balaban J connectivity index is 1.61. The lowest BCUT2D eigenvalue weighted by atomic mass is 9.85. The predicted octanol–water partition coefficient (Wildman–Crippen LogP) is 5.10. The SMILES string of the molecule is Fc1ccc(Cl)cc1-c1ccc2c(c1)CCC(N1CCCC1)C2. The second-order valence-electron chi connectivity index (χ2n) is 6.75. The number of hydrogen-bond donors (Lipinski definition) is 0. The van der Waals surface area contributed by atoms with Gasteiger partial charge in [0.2, 0.25) is 0 Å². The topological polar surface area (TPSA) is 3.24 Å². The molecule has 0 aromatic heterocycles. The third-order valence-corrected chi connectivity index (χ3v) is 5.54. The van der Waals surface area contributed by atoms with Crippen LogP contribution in [-0.4, -0.2) is 24.0 Å². The van der Waals surface area contributed by atoms with Gasteiger partial charge < -0.3 is 4.90 Å². The van der Waals surface area contributed by atoms with Crippen molar-refractivity contribution >= 4 is 11.6 Å². The molecule has 1 saturated heterocycles. The van der Waals surface area contributed by atoms with Gasteiger partial charge in [0.25, 0.3) is 0 Å². The van der Waals surface area contributed by atoms with Crippen LogP contribution in [0.2, 0.25) is 5.02 Å². The van der Waals surface area contributed by atoms with Crippen molar-refractivity contribution in [3.8, 4) is 11.1 Å². The number of halogens is 2. The van der Waals surface area contributed by atoms with E-state index in [4.69, 9.17) is 11.6 Å². The summed E-state index contributed by atoms with van der Waals surface area (Å²) in [6, 6.07) is 11.8. The molecule has 0 N–H and O–H groups in total. The van der Waals surface area contributed by atoms with Gasteiger partial charge in [0.15, 0.2) is 0 Å². The summed E-state index contributed by atoms with van der Waals surface area (Å²) in [7, 11) is 0. The zero-order valence-electron chi connectivity index (χ0n) is 13.2. The van der Waals surface area contributed by atoms with Crippen molar-refractivity contribution in [3.05, 3.63) is 58.4 Å². The Hall–Kier alpha value is -1.38. The van der Waals surface area contributed by atoms with Gasteiger partial charge in [0.1, 0.15) is 5.82 Å². The molecule has 2 aromatic rings. The van der Waals surface area contributed by atoms with Gasteiger partial charge in [-0.25, -0.2) is 4.39 Å². The van der Waals surface area contributed by atoms with Gasteiger partial charge in [0.05, 0.1) is 0 Å². The van der Waals surface area contributed by atoms with Crippen LogP contribution in [0.3, 0.4) is 0 Å². The summed E-state index contributed by atoms with van der Waals surface area (Å²) in [6.07, 6.45) is 6.13. The van der Waals surface area contributed by atoms with Gasteiger partial charge in [-0.05, 0) is 80.1 Å². The molecule has 1 fully saturated rings. The number of aryl methyl sites for hydroxylation is 1. The first-order valence-electron chi connectivity index (χ1n) is 8.52. The molecule has 1 nitrogen and oxygen atoms in total. The number of hydrogen-bond acceptors (Lipinski definition) is 1. The molecule has 2 aliphatic rings. The molecular weight excluding hydrogens is 309 g/mol. The van der Waals surface area contributed by atoms with Crippen molar-refractivity contribution in [1.29, 1.82) is 0 Å². The Bertz CT molecular complexity index is 722. The van der Waals surface area contributed by atoms with Crippen LogP contribution in [0, 0.1) is 5.82 Å². The monoisotopic (exact) mass is 329 g/mol. The lowest BCUT2D eigenvalue weighted by Gasteiger charge is -2.32. The minimum atomic E-state index is -0.208. The maximum atomic E-state index is 14.1. The molecule has 1 aliphatic heterocycles. The van der Waals surface area contributed by atoms with Gasteiger partial charge in [-0.1, -0.05) is 29.8 Å². The standard InChI is InChI=1S/C20H21ClFN/c21-17-6-8-20(22)19(13-17)16-4-3-15-12-18(7-5-14(15)11-16)23-9-1-2-10-23/h3-4,6,8,11,13,18H,1-2,5,7,9-10,12H2. The van der Waals surface area contributed by atoms with Crippen LogP contribution in [0.4, 0.5) is 4.39 Å². The summed E-state index contributed by atoms with van der Waals surface area (Å²) in [5.74, 6) is -0.208. The minimum absolute atomic E-state index is 0.208. The van der Waals surface area contributed by atoms with Crippen molar-refractivity contribution in [2.75, 3.05) is 13.1 Å². The van der Waals surface area contributed by atoms with E-state index in [1.807, 2.05) is 6.07 Å². The molecule has 2 aromatic carbocycles. The highest BCUT2D eigenvalue weighted by Crippen LogP contribution is 2.32. The van der Waals surface area contributed by atoms with E-state index in [2.05, 4.69) is 17.0 Å². The van der Waals surface area contributed by atoms with E-state index >= 15 is 0 Å². The lowest BCUT2D eigenvalue weighted by Crippen LogP contribution is -2.37.